The first-order valence-corrected chi connectivity index (χ1v) is 5.48. The fourth-order valence-electron chi connectivity index (χ4n) is 2.04. The van der Waals surface area contributed by atoms with Crippen molar-refractivity contribution in [2.75, 3.05) is 0 Å². The number of alkyl halides is 3. The van der Waals surface area contributed by atoms with Gasteiger partial charge in [-0.25, -0.2) is 0 Å². The van der Waals surface area contributed by atoms with Crippen molar-refractivity contribution < 1.29 is 18.3 Å². The van der Waals surface area contributed by atoms with Crippen LogP contribution in [0.15, 0.2) is 24.3 Å². The number of benzene rings is 1. The first kappa shape index (κ1) is 12.4. The first-order chi connectivity index (χ1) is 7.83. The summed E-state index contributed by atoms with van der Waals surface area (Å²) in [6.45, 7) is 0. The quantitative estimate of drug-likeness (QED) is 0.841. The van der Waals surface area contributed by atoms with Gasteiger partial charge in [-0.15, -0.1) is 0 Å². The summed E-state index contributed by atoms with van der Waals surface area (Å²) in [6.07, 6.45) is -2.22. The van der Waals surface area contributed by atoms with Crippen LogP contribution in [0.2, 0.25) is 0 Å². The molecule has 0 radical (unpaired) electrons. The Morgan fingerprint density at radius 3 is 2.06 bits per heavy atom. The second-order valence-corrected chi connectivity index (χ2v) is 4.55. The Kier molecular flexibility index (Phi) is 2.91. The third kappa shape index (κ3) is 2.30. The van der Waals surface area contributed by atoms with E-state index in [4.69, 9.17) is 5.73 Å². The number of halogens is 3. The van der Waals surface area contributed by atoms with Crippen LogP contribution in [0.5, 0.6) is 0 Å². The van der Waals surface area contributed by atoms with E-state index < -0.39 is 23.4 Å². The Balaban J connectivity index is 2.18. The largest absolute Gasteiger partial charge is 0.416 e. The normalized spacial score (nSPS) is 20.8. The lowest BCUT2D eigenvalue weighted by Gasteiger charge is -2.41. The molecule has 0 heterocycles. The van der Waals surface area contributed by atoms with Crippen molar-refractivity contribution in [2.45, 2.75) is 37.1 Å². The second kappa shape index (κ2) is 3.99. The molecule has 0 bridgehead atoms. The molecule has 3 N–H and O–H groups in total. The highest BCUT2D eigenvalue weighted by Crippen LogP contribution is 2.41. The molecule has 1 atom stereocenters. The van der Waals surface area contributed by atoms with Gasteiger partial charge in [-0.1, -0.05) is 12.1 Å². The summed E-state index contributed by atoms with van der Waals surface area (Å²) in [6, 6.07) is 4.06. The average Bonchev–Trinajstić information content (AvgIpc) is 2.24. The van der Waals surface area contributed by atoms with E-state index in [2.05, 4.69) is 0 Å². The highest BCUT2D eigenvalue weighted by atomic mass is 19.4. The van der Waals surface area contributed by atoms with Crippen LogP contribution in [0.4, 0.5) is 13.2 Å². The van der Waals surface area contributed by atoms with E-state index in [0.29, 0.717) is 18.4 Å². The van der Waals surface area contributed by atoms with Crippen LogP contribution >= 0.6 is 0 Å². The van der Waals surface area contributed by atoms with E-state index in [1.165, 1.54) is 12.1 Å². The van der Waals surface area contributed by atoms with Crippen molar-refractivity contribution in [2.24, 2.45) is 5.73 Å². The fourth-order valence-corrected chi connectivity index (χ4v) is 2.04. The predicted octanol–water partition coefficient (Wildman–Crippen LogP) is 2.62. The van der Waals surface area contributed by atoms with Crippen LogP contribution in [-0.4, -0.2) is 10.7 Å². The van der Waals surface area contributed by atoms with Crippen molar-refractivity contribution in [3.05, 3.63) is 35.4 Å². The molecule has 94 valence electrons. The molecule has 2 nitrogen and oxygen atoms in total. The maximum atomic E-state index is 12.4. The fraction of sp³-hybridized carbons (Fsp3) is 0.500. The van der Waals surface area contributed by atoms with E-state index in [1.807, 2.05) is 0 Å². The minimum Gasteiger partial charge on any atom is -0.388 e. The van der Waals surface area contributed by atoms with Gasteiger partial charge in [-0.3, -0.25) is 0 Å². The average molecular weight is 245 g/mol. The van der Waals surface area contributed by atoms with Crippen molar-refractivity contribution in [1.29, 1.82) is 0 Å². The summed E-state index contributed by atoms with van der Waals surface area (Å²) in [5, 5.41) is 10.0. The Morgan fingerprint density at radius 2 is 1.71 bits per heavy atom. The Hall–Kier alpha value is -1.07. The molecule has 0 aromatic heterocycles. The molecule has 1 saturated carbocycles. The zero-order chi connectivity index (χ0) is 12.7. The maximum Gasteiger partial charge on any atom is 0.416 e. The van der Waals surface area contributed by atoms with Gasteiger partial charge in [-0.05, 0) is 37.0 Å². The van der Waals surface area contributed by atoms with Gasteiger partial charge in [0.2, 0.25) is 0 Å². The highest BCUT2D eigenvalue weighted by Gasteiger charge is 2.41. The van der Waals surface area contributed by atoms with E-state index in [0.717, 1.165) is 18.6 Å². The Labute approximate surface area is 97.2 Å². The number of rotatable bonds is 2. The molecule has 17 heavy (non-hydrogen) atoms. The summed E-state index contributed by atoms with van der Waals surface area (Å²) >= 11 is 0. The Bertz CT molecular complexity index is 395. The molecule has 0 amide bonds. The summed E-state index contributed by atoms with van der Waals surface area (Å²) in [5.41, 5.74) is 4.76. The van der Waals surface area contributed by atoms with Crippen molar-refractivity contribution in [1.82, 2.24) is 0 Å². The topological polar surface area (TPSA) is 46.2 Å². The van der Waals surface area contributed by atoms with E-state index in [9.17, 15) is 18.3 Å². The number of hydrogen-bond acceptors (Lipinski definition) is 2. The van der Waals surface area contributed by atoms with Gasteiger partial charge < -0.3 is 10.8 Å². The van der Waals surface area contributed by atoms with E-state index in [1.54, 1.807) is 0 Å². The standard InChI is InChI=1S/C12H14F3NO/c13-12(14,15)9-4-2-8(3-5-9)10(16)11(17)6-1-7-11/h2-5,10,17H,1,6-7,16H2. The summed E-state index contributed by atoms with van der Waals surface area (Å²) in [7, 11) is 0. The van der Waals surface area contributed by atoms with Crippen LogP contribution in [0.25, 0.3) is 0 Å². The summed E-state index contributed by atoms with van der Waals surface area (Å²) < 4.78 is 37.1. The molecule has 0 aliphatic heterocycles. The molecule has 1 unspecified atom stereocenters. The molecule has 0 spiro atoms. The first-order valence-electron chi connectivity index (χ1n) is 5.48. The zero-order valence-corrected chi connectivity index (χ0v) is 9.17. The van der Waals surface area contributed by atoms with Gasteiger partial charge in [-0.2, -0.15) is 13.2 Å². The van der Waals surface area contributed by atoms with Gasteiger partial charge in [0.15, 0.2) is 0 Å². The van der Waals surface area contributed by atoms with Gasteiger partial charge in [0.05, 0.1) is 17.2 Å². The number of hydrogen-bond donors (Lipinski definition) is 2. The van der Waals surface area contributed by atoms with Crippen LogP contribution in [0.1, 0.15) is 36.4 Å². The lowest BCUT2D eigenvalue weighted by Crippen LogP contribution is -2.46. The predicted molar refractivity (Wildman–Crippen MR) is 57.2 cm³/mol. The lowest BCUT2D eigenvalue weighted by atomic mass is 9.73. The minimum atomic E-state index is -4.34. The third-order valence-corrected chi connectivity index (χ3v) is 3.40. The highest BCUT2D eigenvalue weighted by molar-refractivity contribution is 5.28. The molecule has 1 aliphatic carbocycles. The van der Waals surface area contributed by atoms with Gasteiger partial charge in [0, 0.05) is 0 Å². The zero-order valence-electron chi connectivity index (χ0n) is 9.17. The summed E-state index contributed by atoms with van der Waals surface area (Å²) in [4.78, 5) is 0. The number of nitrogens with two attached hydrogens (primary N) is 1. The lowest BCUT2D eigenvalue weighted by molar-refractivity contribution is -0.137. The minimum absolute atomic E-state index is 0.542. The van der Waals surface area contributed by atoms with E-state index in [-0.39, 0.29) is 0 Å². The second-order valence-electron chi connectivity index (χ2n) is 4.55. The Morgan fingerprint density at radius 1 is 1.18 bits per heavy atom. The van der Waals surface area contributed by atoms with Gasteiger partial charge in [0.1, 0.15) is 0 Å². The molecule has 1 aromatic rings. The van der Waals surface area contributed by atoms with Gasteiger partial charge >= 0.3 is 6.18 Å². The number of aliphatic hydroxyl groups is 1. The summed E-state index contributed by atoms with van der Waals surface area (Å²) in [5.74, 6) is 0. The molecule has 1 fully saturated rings. The van der Waals surface area contributed by atoms with Gasteiger partial charge in [0.25, 0.3) is 0 Å². The monoisotopic (exact) mass is 245 g/mol. The van der Waals surface area contributed by atoms with Crippen molar-refractivity contribution in [3.8, 4) is 0 Å². The van der Waals surface area contributed by atoms with Crippen molar-refractivity contribution >= 4 is 0 Å². The van der Waals surface area contributed by atoms with Crippen molar-refractivity contribution in [3.63, 3.8) is 0 Å². The molecule has 2 rings (SSSR count). The molecular weight excluding hydrogens is 231 g/mol. The SMILES string of the molecule is NC(c1ccc(C(F)(F)F)cc1)C1(O)CCC1. The van der Waals surface area contributed by atoms with Crippen LogP contribution in [0, 0.1) is 0 Å². The van der Waals surface area contributed by atoms with Crippen LogP contribution in [0.3, 0.4) is 0 Å². The smallest absolute Gasteiger partial charge is 0.388 e. The molecule has 1 aromatic carbocycles. The molecular formula is C12H14F3NO. The van der Waals surface area contributed by atoms with E-state index >= 15 is 0 Å². The van der Waals surface area contributed by atoms with Crippen LogP contribution in [-0.2, 0) is 6.18 Å². The molecule has 0 saturated heterocycles. The molecule has 5 heteroatoms. The third-order valence-electron chi connectivity index (χ3n) is 3.40. The maximum absolute atomic E-state index is 12.4. The van der Waals surface area contributed by atoms with Crippen LogP contribution < -0.4 is 5.73 Å². The molecule has 1 aliphatic rings.